The lowest BCUT2D eigenvalue weighted by atomic mass is 10.2. The molecule has 27 heavy (non-hydrogen) atoms. The molecule has 0 radical (unpaired) electrons. The Balaban J connectivity index is 0.00000261. The van der Waals surface area contributed by atoms with Gasteiger partial charge in [0.05, 0.1) is 0 Å². The summed E-state index contributed by atoms with van der Waals surface area (Å²) < 4.78 is 29.1. The zero-order valence-corrected chi connectivity index (χ0v) is 17.7. The van der Waals surface area contributed by atoms with E-state index in [4.69, 9.17) is 0 Å². The van der Waals surface area contributed by atoms with Crippen LogP contribution >= 0.6 is 24.0 Å². The van der Waals surface area contributed by atoms with E-state index >= 15 is 0 Å². The summed E-state index contributed by atoms with van der Waals surface area (Å²) in [5.41, 5.74) is 0.260. The molecule has 1 aromatic heterocycles. The number of aryl methyl sites for hydroxylation is 1. The third-order valence-electron chi connectivity index (χ3n) is 4.50. The Kier molecular flexibility index (Phi) is 8.39. The summed E-state index contributed by atoms with van der Waals surface area (Å²) >= 11 is 0. The van der Waals surface area contributed by atoms with Crippen LogP contribution in [0.25, 0.3) is 0 Å². The van der Waals surface area contributed by atoms with Gasteiger partial charge in [0.25, 0.3) is 0 Å². The van der Waals surface area contributed by atoms with Crippen LogP contribution in [-0.2, 0) is 25.9 Å². The molecule has 0 spiro atoms. The monoisotopic (exact) mass is 490 g/mol. The smallest absolute Gasteiger partial charge is 0.191 e. The van der Waals surface area contributed by atoms with Gasteiger partial charge in [0.1, 0.15) is 23.3 Å². The molecule has 9 heteroatoms. The number of halogens is 3. The van der Waals surface area contributed by atoms with Crippen molar-refractivity contribution in [2.75, 3.05) is 13.6 Å². The first kappa shape index (κ1) is 21.5. The summed E-state index contributed by atoms with van der Waals surface area (Å²) in [6.07, 6.45) is 5.27. The summed E-state index contributed by atoms with van der Waals surface area (Å²) in [6.45, 7) is 1.76. The molecule has 3 rings (SSSR count). The maximum atomic E-state index is 13.7. The highest BCUT2D eigenvalue weighted by molar-refractivity contribution is 14.0. The van der Waals surface area contributed by atoms with E-state index in [0.717, 1.165) is 49.6 Å². The van der Waals surface area contributed by atoms with Gasteiger partial charge >= 0.3 is 0 Å². The highest BCUT2D eigenvalue weighted by atomic mass is 127. The number of rotatable bonds is 5. The molecule has 2 N–H and O–H groups in total. The summed E-state index contributed by atoms with van der Waals surface area (Å²) in [6, 6.07) is 3.41. The average molecular weight is 490 g/mol. The van der Waals surface area contributed by atoms with E-state index in [2.05, 4.69) is 30.4 Å². The summed E-state index contributed by atoms with van der Waals surface area (Å²) in [5.74, 6) is 1.67. The van der Waals surface area contributed by atoms with Crippen molar-refractivity contribution >= 4 is 29.9 Å². The first-order valence-electron chi connectivity index (χ1n) is 8.97. The minimum atomic E-state index is -0.460. The van der Waals surface area contributed by atoms with Gasteiger partial charge in [0.2, 0.25) is 0 Å². The van der Waals surface area contributed by atoms with Crippen molar-refractivity contribution in [1.29, 1.82) is 0 Å². The number of nitrogens with one attached hydrogen (secondary N) is 2. The fourth-order valence-corrected chi connectivity index (χ4v) is 3.10. The van der Waals surface area contributed by atoms with Crippen molar-refractivity contribution in [3.63, 3.8) is 0 Å². The second-order valence-corrected chi connectivity index (χ2v) is 6.33. The van der Waals surface area contributed by atoms with Gasteiger partial charge in [0.15, 0.2) is 5.96 Å². The summed E-state index contributed by atoms with van der Waals surface area (Å²) in [7, 11) is 1.64. The third kappa shape index (κ3) is 5.85. The number of nitrogens with zero attached hydrogens (tertiary/aromatic N) is 4. The van der Waals surface area contributed by atoms with Gasteiger partial charge in [-0.1, -0.05) is 6.42 Å². The van der Waals surface area contributed by atoms with E-state index in [1.807, 2.05) is 0 Å². The van der Waals surface area contributed by atoms with E-state index < -0.39 is 11.6 Å². The molecule has 0 amide bonds. The van der Waals surface area contributed by atoms with Crippen LogP contribution in [0, 0.1) is 11.6 Å². The van der Waals surface area contributed by atoms with E-state index in [1.54, 1.807) is 7.05 Å². The van der Waals surface area contributed by atoms with Gasteiger partial charge in [-0.3, -0.25) is 4.99 Å². The van der Waals surface area contributed by atoms with Crippen molar-refractivity contribution in [1.82, 2.24) is 25.4 Å². The van der Waals surface area contributed by atoms with Crippen molar-refractivity contribution in [2.45, 2.75) is 45.2 Å². The molecule has 1 aliphatic rings. The maximum Gasteiger partial charge on any atom is 0.191 e. The van der Waals surface area contributed by atoms with Crippen LogP contribution < -0.4 is 10.6 Å². The fourth-order valence-electron chi connectivity index (χ4n) is 3.10. The zero-order valence-electron chi connectivity index (χ0n) is 15.3. The van der Waals surface area contributed by atoms with Gasteiger partial charge in [-0.05, 0) is 31.0 Å². The normalized spacial score (nSPS) is 14.1. The first-order valence-corrected chi connectivity index (χ1v) is 8.97. The molecule has 2 heterocycles. The number of fused-ring (bicyclic) bond motifs is 1. The molecule has 0 bridgehead atoms. The van der Waals surface area contributed by atoms with Crippen molar-refractivity contribution in [2.24, 2.45) is 4.99 Å². The van der Waals surface area contributed by atoms with Crippen LogP contribution in [0.15, 0.2) is 23.2 Å². The topological polar surface area (TPSA) is 67.1 Å². The number of guanidine groups is 1. The fraction of sp³-hybridized carbons (Fsp3) is 0.500. The van der Waals surface area contributed by atoms with Gasteiger partial charge in [-0.15, -0.1) is 34.2 Å². The summed E-state index contributed by atoms with van der Waals surface area (Å²) in [5, 5.41) is 14.8. The minimum Gasteiger partial charge on any atom is -0.356 e. The van der Waals surface area contributed by atoms with Gasteiger partial charge in [0, 0.05) is 45.1 Å². The van der Waals surface area contributed by atoms with Crippen LogP contribution in [0.3, 0.4) is 0 Å². The van der Waals surface area contributed by atoms with Gasteiger partial charge < -0.3 is 15.2 Å². The molecule has 1 aliphatic heterocycles. The molecule has 0 saturated heterocycles. The molecular weight excluding hydrogens is 465 g/mol. The second kappa shape index (κ2) is 10.5. The number of hydrogen-bond acceptors (Lipinski definition) is 3. The van der Waals surface area contributed by atoms with E-state index in [9.17, 15) is 8.78 Å². The SMILES string of the molecule is CN=C(NCCc1nnc2n1CCCCC2)NCc1cc(F)ccc1F.I. The Labute approximate surface area is 174 Å². The van der Waals surface area contributed by atoms with Crippen LogP contribution in [-0.4, -0.2) is 34.3 Å². The molecule has 1 aromatic carbocycles. The Morgan fingerprint density at radius 2 is 2.04 bits per heavy atom. The Bertz CT molecular complexity index is 777. The average Bonchev–Trinajstić information content (AvgIpc) is 2.87. The zero-order chi connectivity index (χ0) is 18.4. The largest absolute Gasteiger partial charge is 0.356 e. The molecule has 0 unspecified atom stereocenters. The minimum absolute atomic E-state index is 0. The molecule has 0 fully saturated rings. The number of hydrogen-bond donors (Lipinski definition) is 2. The molecule has 6 nitrogen and oxygen atoms in total. The van der Waals surface area contributed by atoms with E-state index in [1.165, 1.54) is 18.9 Å². The predicted molar refractivity (Wildman–Crippen MR) is 111 cm³/mol. The lowest BCUT2D eigenvalue weighted by Crippen LogP contribution is -2.38. The standard InChI is InChI=1S/C18H24F2N6.HI/c1-21-18(23-12-13-11-14(19)6-7-15(13)20)22-9-8-17-25-24-16-5-3-2-4-10-26(16)17;/h6-7,11H,2-5,8-10,12H2,1H3,(H2,21,22,23);1H. The highest BCUT2D eigenvalue weighted by Crippen LogP contribution is 2.14. The molecule has 0 aliphatic carbocycles. The number of benzene rings is 1. The summed E-state index contributed by atoms with van der Waals surface area (Å²) in [4.78, 5) is 4.11. The molecule has 148 valence electrons. The predicted octanol–water partition coefficient (Wildman–Crippen LogP) is 2.81. The highest BCUT2D eigenvalue weighted by Gasteiger charge is 2.14. The van der Waals surface area contributed by atoms with Crippen molar-refractivity contribution in [3.05, 3.63) is 47.0 Å². The van der Waals surface area contributed by atoms with Crippen molar-refractivity contribution < 1.29 is 8.78 Å². The molecule has 0 saturated carbocycles. The van der Waals surface area contributed by atoms with Crippen LogP contribution in [0.5, 0.6) is 0 Å². The second-order valence-electron chi connectivity index (χ2n) is 6.33. The maximum absolute atomic E-state index is 13.7. The van der Waals surface area contributed by atoms with Gasteiger partial charge in [-0.2, -0.15) is 0 Å². The van der Waals surface area contributed by atoms with Crippen LogP contribution in [0.1, 0.15) is 36.5 Å². The first-order chi connectivity index (χ1) is 12.7. The lowest BCUT2D eigenvalue weighted by molar-refractivity contribution is 0.580. The molecule has 2 aromatic rings. The Hall–Kier alpha value is -1.78. The third-order valence-corrected chi connectivity index (χ3v) is 4.50. The van der Waals surface area contributed by atoms with Crippen molar-refractivity contribution in [3.8, 4) is 0 Å². The molecule has 0 atom stereocenters. The number of aromatic nitrogens is 3. The van der Waals surface area contributed by atoms with Gasteiger partial charge in [-0.25, -0.2) is 8.78 Å². The molecular formula is C18H25F2IN6. The lowest BCUT2D eigenvalue weighted by Gasteiger charge is -2.13. The van der Waals surface area contributed by atoms with Crippen LogP contribution in [0.2, 0.25) is 0 Å². The van der Waals surface area contributed by atoms with E-state index in [0.29, 0.717) is 12.5 Å². The van der Waals surface area contributed by atoms with Crippen LogP contribution in [0.4, 0.5) is 8.78 Å². The Morgan fingerprint density at radius 1 is 1.19 bits per heavy atom. The number of aliphatic imine (C=N–C) groups is 1. The van der Waals surface area contributed by atoms with E-state index in [-0.39, 0.29) is 36.1 Å². The quantitative estimate of drug-likeness (QED) is 0.385. The Morgan fingerprint density at radius 3 is 2.85 bits per heavy atom.